The molecule has 0 spiro atoms. The first-order valence-corrected chi connectivity index (χ1v) is 6.50. The maximum atomic E-state index is 12.3. The van der Waals surface area contributed by atoms with Gasteiger partial charge in [-0.2, -0.15) is 0 Å². The third kappa shape index (κ3) is 1.41. The van der Waals surface area contributed by atoms with E-state index in [0.29, 0.717) is 23.5 Å². The van der Waals surface area contributed by atoms with Crippen molar-refractivity contribution < 1.29 is 9.59 Å². The molecule has 5 nitrogen and oxygen atoms in total. The maximum absolute atomic E-state index is 12.3. The molecule has 0 aliphatic carbocycles. The van der Waals surface area contributed by atoms with E-state index >= 15 is 0 Å². The largest absolute Gasteiger partial charge is 0.271 e. The van der Waals surface area contributed by atoms with Crippen molar-refractivity contribution in [3.05, 3.63) is 29.1 Å². The molecule has 2 aliphatic heterocycles. The van der Waals surface area contributed by atoms with Crippen LogP contribution in [0.1, 0.15) is 48.8 Å². The van der Waals surface area contributed by atoms with Gasteiger partial charge in [0.05, 0.1) is 5.56 Å². The lowest BCUT2D eigenvalue weighted by atomic mass is 9.99. The molecule has 2 aliphatic rings. The number of carbonyl (C=O) groups is 2. The van der Waals surface area contributed by atoms with Crippen LogP contribution in [-0.2, 0) is 11.2 Å². The minimum Gasteiger partial charge on any atom is -0.271 e. The summed E-state index contributed by atoms with van der Waals surface area (Å²) in [5, 5.41) is 0. The van der Waals surface area contributed by atoms with Crippen molar-refractivity contribution in [2.75, 3.05) is 0 Å². The molecule has 1 aromatic rings. The number of imide groups is 1. The van der Waals surface area contributed by atoms with Crippen LogP contribution in [0, 0.1) is 0 Å². The number of aryl methyl sites for hydroxylation is 1. The zero-order chi connectivity index (χ0) is 13.8. The number of rotatable bonds is 2. The summed E-state index contributed by atoms with van der Waals surface area (Å²) < 4.78 is 0. The highest BCUT2D eigenvalue weighted by Crippen LogP contribution is 2.34. The van der Waals surface area contributed by atoms with Gasteiger partial charge in [-0.1, -0.05) is 13.8 Å². The smallest absolute Gasteiger partial charge is 0.268 e. The molecule has 5 heteroatoms. The molecule has 0 fully saturated rings. The van der Waals surface area contributed by atoms with Crippen molar-refractivity contribution in [3.8, 4) is 0 Å². The number of nitrogens with zero attached hydrogens (tertiary/aromatic N) is 3. The van der Waals surface area contributed by atoms with E-state index in [4.69, 9.17) is 0 Å². The quantitative estimate of drug-likeness (QED) is 0.755. The zero-order valence-corrected chi connectivity index (χ0v) is 11.2. The number of hydrogen-bond donors (Lipinski definition) is 0. The Balaban J connectivity index is 2.18. The molecule has 3 heterocycles. The van der Waals surface area contributed by atoms with Crippen LogP contribution in [0.2, 0.25) is 0 Å². The van der Waals surface area contributed by atoms with E-state index in [-0.39, 0.29) is 11.8 Å². The van der Waals surface area contributed by atoms with Gasteiger partial charge in [-0.15, -0.1) is 0 Å². The Morgan fingerprint density at radius 1 is 1.32 bits per heavy atom. The molecule has 1 unspecified atom stereocenters. The molecule has 1 atom stereocenters. The Hall–Kier alpha value is -2.04. The van der Waals surface area contributed by atoms with Crippen LogP contribution >= 0.6 is 0 Å². The van der Waals surface area contributed by atoms with Gasteiger partial charge in [0.2, 0.25) is 0 Å². The Labute approximate surface area is 111 Å². The highest BCUT2D eigenvalue weighted by molar-refractivity contribution is 6.33. The summed E-state index contributed by atoms with van der Waals surface area (Å²) in [5.74, 6) is -0.123. The van der Waals surface area contributed by atoms with E-state index in [2.05, 4.69) is 9.98 Å². The second kappa shape index (κ2) is 3.73. The van der Waals surface area contributed by atoms with Crippen LogP contribution in [-0.4, -0.2) is 33.1 Å². The van der Waals surface area contributed by atoms with Crippen LogP contribution in [0.15, 0.2) is 17.3 Å². The van der Waals surface area contributed by atoms with Crippen LogP contribution in [0.3, 0.4) is 0 Å². The number of amidine groups is 1. The molecule has 19 heavy (non-hydrogen) atoms. The molecule has 2 amide bonds. The summed E-state index contributed by atoms with van der Waals surface area (Å²) in [6.45, 7) is 5.65. The Morgan fingerprint density at radius 3 is 2.68 bits per heavy atom. The fourth-order valence-electron chi connectivity index (χ4n) is 2.41. The van der Waals surface area contributed by atoms with Gasteiger partial charge in [-0.25, -0.2) is 9.89 Å². The van der Waals surface area contributed by atoms with E-state index in [1.165, 1.54) is 4.90 Å². The molecule has 0 saturated heterocycles. The number of pyridine rings is 1. The molecule has 0 radical (unpaired) electrons. The molecule has 0 saturated carbocycles. The lowest BCUT2D eigenvalue weighted by Crippen LogP contribution is -2.41. The molecule has 0 aromatic carbocycles. The molecule has 3 rings (SSSR count). The van der Waals surface area contributed by atoms with Gasteiger partial charge in [0, 0.05) is 6.20 Å². The Kier molecular flexibility index (Phi) is 2.36. The molecule has 1 aromatic heterocycles. The molecular weight excluding hydrogens is 242 g/mol. The second-order valence-electron chi connectivity index (χ2n) is 5.10. The number of carbonyl (C=O) groups excluding carboxylic acids is 2. The molecule has 98 valence electrons. The van der Waals surface area contributed by atoms with Crippen molar-refractivity contribution in [1.82, 2.24) is 9.88 Å². The molecule has 0 bridgehead atoms. The van der Waals surface area contributed by atoms with Gasteiger partial charge < -0.3 is 0 Å². The van der Waals surface area contributed by atoms with E-state index in [9.17, 15) is 9.59 Å². The normalized spacial score (nSPS) is 24.6. The van der Waals surface area contributed by atoms with Crippen molar-refractivity contribution in [2.24, 2.45) is 4.99 Å². The average Bonchev–Trinajstić information content (AvgIpc) is 2.85. The van der Waals surface area contributed by atoms with Gasteiger partial charge in [0.15, 0.2) is 5.84 Å². The van der Waals surface area contributed by atoms with Crippen molar-refractivity contribution in [2.45, 2.75) is 39.2 Å². The van der Waals surface area contributed by atoms with E-state index in [0.717, 1.165) is 12.0 Å². The fraction of sp³-hybridized carbons (Fsp3) is 0.429. The van der Waals surface area contributed by atoms with Gasteiger partial charge in [0.1, 0.15) is 11.2 Å². The number of hydrogen-bond acceptors (Lipinski definition) is 4. The van der Waals surface area contributed by atoms with Crippen LogP contribution in [0.25, 0.3) is 0 Å². The first-order chi connectivity index (χ1) is 9.01. The minimum absolute atomic E-state index is 0.244. The lowest BCUT2D eigenvalue weighted by molar-refractivity contribution is -0.128. The van der Waals surface area contributed by atoms with Crippen molar-refractivity contribution in [3.63, 3.8) is 0 Å². The topological polar surface area (TPSA) is 62.6 Å². The lowest BCUT2D eigenvalue weighted by Gasteiger charge is -2.17. The SMILES string of the molecule is CCc1cnc2c(c1)C(=O)N1C(=O)C(C)(CC)N=C21. The monoisotopic (exact) mass is 257 g/mol. The summed E-state index contributed by atoms with van der Waals surface area (Å²) in [7, 11) is 0. The number of aliphatic imine (C=N–C) groups is 1. The fourth-order valence-corrected chi connectivity index (χ4v) is 2.41. The van der Waals surface area contributed by atoms with E-state index < -0.39 is 5.54 Å². The summed E-state index contributed by atoms with van der Waals surface area (Å²) in [6.07, 6.45) is 3.12. The van der Waals surface area contributed by atoms with Gasteiger partial charge in [-0.05, 0) is 31.4 Å². The summed E-state index contributed by atoms with van der Waals surface area (Å²) in [4.78, 5) is 34.6. The highest BCUT2D eigenvalue weighted by atomic mass is 16.2. The molecular formula is C14H15N3O2. The Morgan fingerprint density at radius 2 is 2.05 bits per heavy atom. The predicted octanol–water partition coefficient (Wildman–Crippen LogP) is 1.56. The van der Waals surface area contributed by atoms with Crippen molar-refractivity contribution >= 4 is 17.6 Å². The maximum Gasteiger partial charge on any atom is 0.268 e. The van der Waals surface area contributed by atoms with Crippen molar-refractivity contribution in [1.29, 1.82) is 0 Å². The third-order valence-electron chi connectivity index (χ3n) is 3.91. The predicted molar refractivity (Wildman–Crippen MR) is 70.0 cm³/mol. The standard InChI is InChI=1S/C14H15N3O2/c1-4-8-6-9-10(15-7-8)11-16-14(3,5-2)13(19)17(11)12(9)18/h6-7H,4-5H2,1-3H3. The highest BCUT2D eigenvalue weighted by Gasteiger charge is 2.51. The first-order valence-electron chi connectivity index (χ1n) is 6.50. The summed E-state index contributed by atoms with van der Waals surface area (Å²) in [5.41, 5.74) is 1.19. The van der Waals surface area contributed by atoms with Gasteiger partial charge >= 0.3 is 0 Å². The molecule has 0 N–H and O–H groups in total. The number of amides is 2. The average molecular weight is 257 g/mol. The minimum atomic E-state index is -0.826. The number of aromatic nitrogens is 1. The third-order valence-corrected chi connectivity index (χ3v) is 3.91. The second-order valence-corrected chi connectivity index (χ2v) is 5.10. The van der Waals surface area contributed by atoms with Gasteiger partial charge in [-0.3, -0.25) is 14.6 Å². The van der Waals surface area contributed by atoms with E-state index in [1.54, 1.807) is 13.1 Å². The number of fused-ring (bicyclic) bond motifs is 3. The zero-order valence-electron chi connectivity index (χ0n) is 11.2. The van der Waals surface area contributed by atoms with Crippen LogP contribution in [0.5, 0.6) is 0 Å². The van der Waals surface area contributed by atoms with E-state index in [1.807, 2.05) is 19.9 Å². The van der Waals surface area contributed by atoms with Crippen LogP contribution < -0.4 is 0 Å². The van der Waals surface area contributed by atoms with Crippen LogP contribution in [0.4, 0.5) is 0 Å². The summed E-state index contributed by atoms with van der Waals surface area (Å²) >= 11 is 0. The summed E-state index contributed by atoms with van der Waals surface area (Å²) in [6, 6.07) is 1.81. The first kappa shape index (κ1) is 12.0. The van der Waals surface area contributed by atoms with Gasteiger partial charge in [0.25, 0.3) is 11.8 Å². The Bertz CT molecular complexity index is 636.